The molecule has 1 spiro atoms. The largest absolute Gasteiger partial charge is 0.573 e. The zero-order valence-electron chi connectivity index (χ0n) is 14.3. The summed E-state index contributed by atoms with van der Waals surface area (Å²) in [6.07, 6.45) is -2.03. The first-order valence-electron chi connectivity index (χ1n) is 8.68. The number of rotatable bonds is 5. The molecular weight excluding hydrogens is 333 g/mol. The Hall–Kier alpha value is -1.76. The number of carbonyl (C=O) groups excluding carboxylic acids is 1. The van der Waals surface area contributed by atoms with Crippen LogP contribution in [0.1, 0.15) is 31.7 Å². The van der Waals surface area contributed by atoms with Gasteiger partial charge in [-0.15, -0.1) is 13.2 Å². The first kappa shape index (κ1) is 18.0. The van der Waals surface area contributed by atoms with Crippen molar-refractivity contribution in [1.82, 2.24) is 9.80 Å². The summed E-state index contributed by atoms with van der Waals surface area (Å²) in [4.78, 5) is 16.8. The summed E-state index contributed by atoms with van der Waals surface area (Å²) in [5.74, 6) is 0.0379. The molecule has 3 rings (SSSR count). The van der Waals surface area contributed by atoms with Crippen LogP contribution in [0.3, 0.4) is 0 Å². The fraction of sp³-hybridized carbons (Fsp3) is 0.611. The van der Waals surface area contributed by atoms with E-state index in [4.69, 9.17) is 0 Å². The summed E-state index contributed by atoms with van der Waals surface area (Å²) in [6.45, 7) is 5.67. The molecule has 1 aromatic rings. The minimum Gasteiger partial charge on any atom is -0.406 e. The van der Waals surface area contributed by atoms with Crippen LogP contribution in [0.2, 0.25) is 0 Å². The first-order chi connectivity index (χ1) is 11.8. The molecule has 2 aliphatic heterocycles. The van der Waals surface area contributed by atoms with Gasteiger partial charge in [-0.2, -0.15) is 0 Å². The van der Waals surface area contributed by atoms with Crippen LogP contribution in [0.15, 0.2) is 24.3 Å². The van der Waals surface area contributed by atoms with Crippen LogP contribution in [0.4, 0.5) is 13.2 Å². The summed E-state index contributed by atoms with van der Waals surface area (Å²) >= 11 is 0. The third kappa shape index (κ3) is 4.08. The minimum atomic E-state index is -4.69. The lowest BCUT2D eigenvalue weighted by atomic mass is 9.85. The number of likely N-dealkylation sites (tertiary alicyclic amines) is 2. The topological polar surface area (TPSA) is 32.8 Å². The molecule has 0 saturated carbocycles. The number of benzene rings is 1. The number of nitrogens with zero attached hydrogens (tertiary/aromatic N) is 2. The molecule has 1 atom stereocenters. The van der Waals surface area contributed by atoms with Crippen molar-refractivity contribution in [2.75, 3.05) is 26.2 Å². The lowest BCUT2D eigenvalue weighted by Gasteiger charge is -2.23. The molecule has 0 aromatic heterocycles. The quantitative estimate of drug-likeness (QED) is 0.810. The summed E-state index contributed by atoms with van der Waals surface area (Å²) in [7, 11) is 0. The lowest BCUT2D eigenvalue weighted by Crippen LogP contribution is -2.37. The van der Waals surface area contributed by atoms with Crippen molar-refractivity contribution < 1.29 is 22.7 Å². The van der Waals surface area contributed by atoms with Gasteiger partial charge in [-0.25, -0.2) is 0 Å². The Labute approximate surface area is 145 Å². The van der Waals surface area contributed by atoms with Gasteiger partial charge in [0.15, 0.2) is 0 Å². The van der Waals surface area contributed by atoms with Gasteiger partial charge >= 0.3 is 6.36 Å². The SMILES string of the molecule is CCCN1CCC2(CCN(Cc3cccc(OC(F)(F)F)c3)C2)C1=O. The van der Waals surface area contributed by atoms with E-state index < -0.39 is 6.36 Å². The monoisotopic (exact) mass is 356 g/mol. The Morgan fingerprint density at radius 2 is 2.00 bits per heavy atom. The Kier molecular flexibility index (Phi) is 4.95. The van der Waals surface area contributed by atoms with Crippen molar-refractivity contribution in [2.24, 2.45) is 5.41 Å². The summed E-state index contributed by atoms with van der Waals surface area (Å²) in [5, 5.41) is 0. The van der Waals surface area contributed by atoms with Crippen LogP contribution in [0.5, 0.6) is 5.75 Å². The second-order valence-corrected chi connectivity index (χ2v) is 6.98. The summed E-state index contributed by atoms with van der Waals surface area (Å²) < 4.78 is 41.0. The normalized spacial score (nSPS) is 24.5. The molecule has 0 N–H and O–H groups in total. The predicted octanol–water partition coefficient (Wildman–Crippen LogP) is 3.42. The number of ether oxygens (including phenoxy) is 1. The van der Waals surface area contributed by atoms with E-state index in [9.17, 15) is 18.0 Å². The van der Waals surface area contributed by atoms with Crippen molar-refractivity contribution >= 4 is 5.91 Å². The molecular formula is C18H23F3N2O2. The third-order valence-corrected chi connectivity index (χ3v) is 5.07. The highest BCUT2D eigenvalue weighted by Gasteiger charge is 2.50. The number of amides is 1. The van der Waals surface area contributed by atoms with Crippen molar-refractivity contribution in [3.05, 3.63) is 29.8 Å². The summed E-state index contributed by atoms with van der Waals surface area (Å²) in [5.41, 5.74) is 0.463. The highest BCUT2D eigenvalue weighted by atomic mass is 19.4. The number of alkyl halides is 3. The number of hydrogen-bond acceptors (Lipinski definition) is 3. The minimum absolute atomic E-state index is 0.204. The maximum absolute atomic E-state index is 12.7. The fourth-order valence-corrected chi connectivity index (χ4v) is 3.95. The maximum Gasteiger partial charge on any atom is 0.573 e. The fourth-order valence-electron chi connectivity index (χ4n) is 3.95. The third-order valence-electron chi connectivity index (χ3n) is 5.07. The van der Waals surface area contributed by atoms with Gasteiger partial charge in [0.1, 0.15) is 5.75 Å². The second kappa shape index (κ2) is 6.86. The van der Waals surface area contributed by atoms with Gasteiger partial charge in [0.05, 0.1) is 5.41 Å². The molecule has 7 heteroatoms. The van der Waals surface area contributed by atoms with Crippen LogP contribution >= 0.6 is 0 Å². The first-order valence-corrected chi connectivity index (χ1v) is 8.68. The number of carbonyl (C=O) groups is 1. The lowest BCUT2D eigenvalue weighted by molar-refractivity contribution is -0.274. The zero-order chi connectivity index (χ0) is 18.1. The molecule has 2 aliphatic rings. The van der Waals surface area contributed by atoms with E-state index in [2.05, 4.69) is 16.6 Å². The van der Waals surface area contributed by atoms with Crippen LogP contribution in [0, 0.1) is 5.41 Å². The second-order valence-electron chi connectivity index (χ2n) is 6.98. The van der Waals surface area contributed by atoms with E-state index in [1.54, 1.807) is 12.1 Å². The number of hydrogen-bond donors (Lipinski definition) is 0. The maximum atomic E-state index is 12.7. The highest BCUT2D eigenvalue weighted by molar-refractivity contribution is 5.85. The highest BCUT2D eigenvalue weighted by Crippen LogP contribution is 2.41. The average molecular weight is 356 g/mol. The van der Waals surface area contributed by atoms with Crippen molar-refractivity contribution in [3.63, 3.8) is 0 Å². The van der Waals surface area contributed by atoms with E-state index in [0.717, 1.165) is 44.5 Å². The Morgan fingerprint density at radius 1 is 1.24 bits per heavy atom. The van der Waals surface area contributed by atoms with E-state index in [-0.39, 0.29) is 17.1 Å². The smallest absolute Gasteiger partial charge is 0.406 e. The molecule has 0 radical (unpaired) electrons. The van der Waals surface area contributed by atoms with Gasteiger partial charge < -0.3 is 9.64 Å². The molecule has 2 heterocycles. The molecule has 25 heavy (non-hydrogen) atoms. The molecule has 1 unspecified atom stereocenters. The molecule has 4 nitrogen and oxygen atoms in total. The van der Waals surface area contributed by atoms with Crippen molar-refractivity contribution in [1.29, 1.82) is 0 Å². The molecule has 2 saturated heterocycles. The molecule has 1 aromatic carbocycles. The van der Waals surface area contributed by atoms with Crippen molar-refractivity contribution in [2.45, 2.75) is 39.1 Å². The van der Waals surface area contributed by atoms with Crippen LogP contribution in [-0.4, -0.2) is 48.2 Å². The van der Waals surface area contributed by atoms with Gasteiger partial charge in [-0.3, -0.25) is 9.69 Å². The average Bonchev–Trinajstić information content (AvgIpc) is 3.06. The van der Waals surface area contributed by atoms with Crippen molar-refractivity contribution in [3.8, 4) is 5.75 Å². The van der Waals surface area contributed by atoms with Crippen LogP contribution < -0.4 is 4.74 Å². The molecule has 2 fully saturated rings. The van der Waals surface area contributed by atoms with Crippen LogP contribution in [0.25, 0.3) is 0 Å². The zero-order valence-corrected chi connectivity index (χ0v) is 14.3. The Bertz CT molecular complexity index is 635. The molecule has 1 amide bonds. The van der Waals surface area contributed by atoms with E-state index in [1.165, 1.54) is 12.1 Å². The van der Waals surface area contributed by atoms with Gasteiger partial charge in [0.2, 0.25) is 5.91 Å². The molecule has 138 valence electrons. The Morgan fingerprint density at radius 3 is 2.72 bits per heavy atom. The van der Waals surface area contributed by atoms with Gasteiger partial charge in [0.25, 0.3) is 0 Å². The predicted molar refractivity (Wildman–Crippen MR) is 86.9 cm³/mol. The van der Waals surface area contributed by atoms with Gasteiger partial charge in [-0.05, 0) is 43.5 Å². The van der Waals surface area contributed by atoms with Gasteiger partial charge in [-0.1, -0.05) is 19.1 Å². The van der Waals surface area contributed by atoms with E-state index in [0.29, 0.717) is 13.1 Å². The van der Waals surface area contributed by atoms with Gasteiger partial charge in [0, 0.05) is 26.2 Å². The standard InChI is InChI=1S/C18H23F3N2O2/c1-2-8-23-10-7-17(16(23)24)6-9-22(13-17)12-14-4-3-5-15(11-14)25-18(19,20)21/h3-5,11H,2,6-10,12-13H2,1H3. The van der Waals surface area contributed by atoms with Crippen LogP contribution in [-0.2, 0) is 11.3 Å². The van der Waals surface area contributed by atoms with E-state index in [1.807, 2.05) is 4.90 Å². The number of halogens is 3. The Balaban J connectivity index is 1.62. The molecule has 0 aliphatic carbocycles. The molecule has 0 bridgehead atoms. The summed E-state index contributed by atoms with van der Waals surface area (Å²) in [6, 6.07) is 6.06. The van der Waals surface area contributed by atoms with E-state index >= 15 is 0 Å².